The molecule has 1 N–H and O–H groups in total. The van der Waals surface area contributed by atoms with E-state index in [-0.39, 0.29) is 0 Å². The Kier molecular flexibility index (Phi) is 8.22. The molecule has 3 heteroatoms. The second-order valence-corrected chi connectivity index (χ2v) is 8.88. The van der Waals surface area contributed by atoms with E-state index in [4.69, 9.17) is 9.47 Å². The lowest BCUT2D eigenvalue weighted by Crippen LogP contribution is -2.29. The summed E-state index contributed by atoms with van der Waals surface area (Å²) in [6.07, 6.45) is 5.14. The van der Waals surface area contributed by atoms with Gasteiger partial charge in [0.05, 0.1) is 0 Å². The number of aryl methyl sites for hydroxylation is 1. The van der Waals surface area contributed by atoms with Crippen LogP contribution in [0.1, 0.15) is 48.3 Å². The van der Waals surface area contributed by atoms with Crippen LogP contribution in [0.3, 0.4) is 0 Å². The first-order valence-corrected chi connectivity index (χ1v) is 11.9. The van der Waals surface area contributed by atoms with E-state index in [1.807, 2.05) is 36.4 Å². The zero-order chi connectivity index (χ0) is 22.0. The van der Waals surface area contributed by atoms with Crippen LogP contribution in [0.25, 0.3) is 0 Å². The number of hydrogen-bond donors (Lipinski definition) is 1. The third-order valence-electron chi connectivity index (χ3n) is 6.51. The summed E-state index contributed by atoms with van der Waals surface area (Å²) >= 11 is 0. The maximum absolute atomic E-state index is 5.93. The van der Waals surface area contributed by atoms with Gasteiger partial charge in [0.2, 0.25) is 0 Å². The van der Waals surface area contributed by atoms with E-state index in [2.05, 4.69) is 54.7 Å². The molecular weight excluding hydrogens is 394 g/mol. The fraction of sp³-hybridized carbons (Fsp3) is 0.379. The zero-order valence-corrected chi connectivity index (χ0v) is 19.1. The van der Waals surface area contributed by atoms with Crippen LogP contribution in [0.15, 0.2) is 78.9 Å². The Hall–Kier alpha value is -2.78. The van der Waals surface area contributed by atoms with Crippen LogP contribution >= 0.6 is 0 Å². The molecule has 0 aromatic heterocycles. The average molecular weight is 430 g/mol. The molecule has 168 valence electrons. The Bertz CT molecular complexity index is 931. The lowest BCUT2D eigenvalue weighted by molar-refractivity contribution is 0.284. The molecule has 0 atom stereocenters. The average Bonchev–Trinajstić information content (AvgIpc) is 2.85. The summed E-state index contributed by atoms with van der Waals surface area (Å²) in [6, 6.07) is 27.3. The van der Waals surface area contributed by atoms with Crippen LogP contribution in [0.5, 0.6) is 11.5 Å². The summed E-state index contributed by atoms with van der Waals surface area (Å²) in [6.45, 7) is 5.43. The molecule has 3 nitrogen and oxygen atoms in total. The van der Waals surface area contributed by atoms with Gasteiger partial charge in [0.1, 0.15) is 24.7 Å². The molecule has 1 aliphatic rings. The van der Waals surface area contributed by atoms with Gasteiger partial charge in [-0.25, -0.2) is 0 Å². The first kappa shape index (κ1) is 22.4. The highest BCUT2D eigenvalue weighted by Gasteiger charge is 2.22. The highest BCUT2D eigenvalue weighted by molar-refractivity contribution is 5.32. The smallest absolute Gasteiger partial charge is 0.122 e. The van der Waals surface area contributed by atoms with Gasteiger partial charge in [0.15, 0.2) is 0 Å². The second kappa shape index (κ2) is 11.7. The van der Waals surface area contributed by atoms with Crippen LogP contribution in [0.2, 0.25) is 0 Å². The number of para-hydroxylation sites is 1. The van der Waals surface area contributed by atoms with E-state index in [1.54, 1.807) is 0 Å². The van der Waals surface area contributed by atoms with E-state index >= 15 is 0 Å². The SMILES string of the molecule is Cc1ccccc1OCCNCC1CCC(c2ccc(OCc3ccccc3)cc2)CC1. The van der Waals surface area contributed by atoms with Crippen LogP contribution in [0, 0.1) is 12.8 Å². The highest BCUT2D eigenvalue weighted by atomic mass is 16.5. The standard InChI is InChI=1S/C29H35NO2/c1-23-7-5-6-10-29(23)31-20-19-30-21-24-11-13-26(14-12-24)27-15-17-28(18-16-27)32-22-25-8-3-2-4-9-25/h2-10,15-18,24,26,30H,11-14,19-22H2,1H3. The van der Waals surface area contributed by atoms with Crippen molar-refractivity contribution in [3.8, 4) is 11.5 Å². The lowest BCUT2D eigenvalue weighted by atomic mass is 9.78. The minimum Gasteiger partial charge on any atom is -0.492 e. The van der Waals surface area contributed by atoms with Gasteiger partial charge >= 0.3 is 0 Å². The van der Waals surface area contributed by atoms with Gasteiger partial charge < -0.3 is 14.8 Å². The molecule has 3 aromatic rings. The molecule has 0 heterocycles. The summed E-state index contributed by atoms with van der Waals surface area (Å²) in [7, 11) is 0. The molecule has 0 aliphatic heterocycles. The van der Waals surface area contributed by atoms with Gasteiger partial charge in [0.25, 0.3) is 0 Å². The minimum atomic E-state index is 0.619. The van der Waals surface area contributed by atoms with Gasteiger partial charge in [-0.15, -0.1) is 0 Å². The molecule has 0 bridgehead atoms. The number of nitrogens with one attached hydrogen (secondary N) is 1. The quantitative estimate of drug-likeness (QED) is 0.372. The van der Waals surface area contributed by atoms with Gasteiger partial charge in [-0.05, 0) is 85.9 Å². The maximum Gasteiger partial charge on any atom is 0.122 e. The minimum absolute atomic E-state index is 0.619. The van der Waals surface area contributed by atoms with Crippen LogP contribution < -0.4 is 14.8 Å². The van der Waals surface area contributed by atoms with Crippen molar-refractivity contribution in [2.45, 2.75) is 45.1 Å². The van der Waals surface area contributed by atoms with E-state index in [9.17, 15) is 0 Å². The molecule has 0 saturated heterocycles. The first-order valence-electron chi connectivity index (χ1n) is 11.9. The van der Waals surface area contributed by atoms with Crippen molar-refractivity contribution < 1.29 is 9.47 Å². The zero-order valence-electron chi connectivity index (χ0n) is 19.1. The van der Waals surface area contributed by atoms with E-state index < -0.39 is 0 Å². The van der Waals surface area contributed by atoms with Crippen LogP contribution in [0.4, 0.5) is 0 Å². The molecular formula is C29H35NO2. The van der Waals surface area contributed by atoms with Gasteiger partial charge in [-0.3, -0.25) is 0 Å². The predicted molar refractivity (Wildman–Crippen MR) is 131 cm³/mol. The van der Waals surface area contributed by atoms with Crippen molar-refractivity contribution in [3.63, 3.8) is 0 Å². The monoisotopic (exact) mass is 429 g/mol. The van der Waals surface area contributed by atoms with Crippen molar-refractivity contribution in [2.75, 3.05) is 19.7 Å². The van der Waals surface area contributed by atoms with E-state index in [1.165, 1.54) is 42.4 Å². The molecule has 1 saturated carbocycles. The van der Waals surface area contributed by atoms with Gasteiger partial charge in [0, 0.05) is 6.54 Å². The van der Waals surface area contributed by atoms with Crippen molar-refractivity contribution in [2.24, 2.45) is 5.92 Å². The molecule has 1 fully saturated rings. The van der Waals surface area contributed by atoms with Gasteiger partial charge in [-0.1, -0.05) is 60.7 Å². The summed E-state index contributed by atoms with van der Waals surface area (Å²) in [5.41, 5.74) is 3.85. The Morgan fingerprint density at radius 2 is 1.50 bits per heavy atom. The second-order valence-electron chi connectivity index (χ2n) is 8.88. The first-order chi connectivity index (χ1) is 15.8. The Balaban J connectivity index is 1.13. The van der Waals surface area contributed by atoms with Crippen molar-refractivity contribution >= 4 is 0 Å². The van der Waals surface area contributed by atoms with Crippen molar-refractivity contribution in [1.29, 1.82) is 0 Å². The predicted octanol–water partition coefficient (Wildman–Crippen LogP) is 6.52. The maximum atomic E-state index is 5.93. The molecule has 1 aliphatic carbocycles. The molecule has 0 spiro atoms. The molecule has 32 heavy (non-hydrogen) atoms. The number of rotatable bonds is 10. The van der Waals surface area contributed by atoms with E-state index in [0.717, 1.165) is 37.1 Å². The third kappa shape index (κ3) is 6.61. The summed E-state index contributed by atoms with van der Waals surface area (Å²) in [5.74, 6) is 3.40. The molecule has 0 unspecified atom stereocenters. The summed E-state index contributed by atoms with van der Waals surface area (Å²) < 4.78 is 11.8. The topological polar surface area (TPSA) is 30.5 Å². The molecule has 3 aromatic carbocycles. The fourth-order valence-corrected chi connectivity index (χ4v) is 4.53. The highest BCUT2D eigenvalue weighted by Crippen LogP contribution is 2.36. The lowest BCUT2D eigenvalue weighted by Gasteiger charge is -2.29. The molecule has 0 amide bonds. The molecule has 0 radical (unpaired) electrons. The Morgan fingerprint density at radius 3 is 2.25 bits per heavy atom. The summed E-state index contributed by atoms with van der Waals surface area (Å²) in [5, 5.41) is 3.59. The van der Waals surface area contributed by atoms with Crippen LogP contribution in [-0.2, 0) is 6.61 Å². The van der Waals surface area contributed by atoms with Crippen LogP contribution in [-0.4, -0.2) is 19.7 Å². The van der Waals surface area contributed by atoms with Crippen molar-refractivity contribution in [1.82, 2.24) is 5.32 Å². The largest absolute Gasteiger partial charge is 0.492 e. The molecule has 4 rings (SSSR count). The normalized spacial score (nSPS) is 18.3. The van der Waals surface area contributed by atoms with Crippen molar-refractivity contribution in [3.05, 3.63) is 95.6 Å². The van der Waals surface area contributed by atoms with Gasteiger partial charge in [-0.2, -0.15) is 0 Å². The number of benzene rings is 3. The summed E-state index contributed by atoms with van der Waals surface area (Å²) in [4.78, 5) is 0. The Labute approximate surface area is 192 Å². The number of hydrogen-bond acceptors (Lipinski definition) is 3. The van der Waals surface area contributed by atoms with E-state index in [0.29, 0.717) is 12.5 Å². The third-order valence-corrected chi connectivity index (χ3v) is 6.51. The fourth-order valence-electron chi connectivity index (χ4n) is 4.53. The Morgan fingerprint density at radius 1 is 0.781 bits per heavy atom. The number of ether oxygens (including phenoxy) is 2.